The van der Waals surface area contributed by atoms with Gasteiger partial charge in [-0.3, -0.25) is 19.7 Å². The van der Waals surface area contributed by atoms with Crippen LogP contribution in [0.25, 0.3) is 11.3 Å². The average Bonchev–Trinajstić information content (AvgIpc) is 2.84. The molecule has 4 aromatic rings. The van der Waals surface area contributed by atoms with Gasteiger partial charge in [0.05, 0.1) is 28.3 Å². The maximum atomic E-state index is 12.7. The summed E-state index contributed by atoms with van der Waals surface area (Å²) in [6.45, 7) is 5.65. The highest BCUT2D eigenvalue weighted by Gasteiger charge is 2.16. The van der Waals surface area contributed by atoms with E-state index >= 15 is 0 Å². The van der Waals surface area contributed by atoms with Gasteiger partial charge in [-0.1, -0.05) is 18.8 Å². The van der Waals surface area contributed by atoms with Crippen LogP contribution in [0.5, 0.6) is 0 Å². The molecular weight excluding hydrogens is 448 g/mol. The van der Waals surface area contributed by atoms with Gasteiger partial charge in [-0.25, -0.2) is 18.4 Å². The van der Waals surface area contributed by atoms with Gasteiger partial charge >= 0.3 is 0 Å². The molecule has 1 N–H and O–H groups in total. The first-order chi connectivity index (χ1) is 16.4. The van der Waals surface area contributed by atoms with Crippen molar-refractivity contribution >= 4 is 15.7 Å². The first kappa shape index (κ1) is 23.0. The summed E-state index contributed by atoms with van der Waals surface area (Å²) in [7, 11) is -3.80. The highest BCUT2D eigenvalue weighted by Crippen LogP contribution is 2.23. The number of nitrogens with one attached hydrogen (secondary N) is 1. The number of hydrogen-bond donors (Lipinski definition) is 1. The molecule has 0 aliphatic heterocycles. The van der Waals surface area contributed by atoms with Crippen molar-refractivity contribution in [2.45, 2.75) is 32.1 Å². The number of aromatic nitrogens is 5. The minimum Gasteiger partial charge on any atom is -0.278 e. The van der Waals surface area contributed by atoms with E-state index in [0.717, 1.165) is 22.6 Å². The standard InChI is InChI=1S/C25H22N6O2S/c1-4-23-22(25(30-16-29-23)20-9-11-27-17(2)12-20)8-7-19-13-24(18(3)28-14-19)31-34(32,33)21-6-5-10-26-15-21/h5-6,9-16,31H,4H2,1-3H3. The lowest BCUT2D eigenvalue weighted by atomic mass is 10.0. The van der Waals surface area contributed by atoms with Crippen LogP contribution in [-0.2, 0) is 16.4 Å². The summed E-state index contributed by atoms with van der Waals surface area (Å²) in [5.41, 5.74) is 5.48. The Morgan fingerprint density at radius 3 is 2.56 bits per heavy atom. The molecule has 0 spiro atoms. The molecule has 0 bridgehead atoms. The topological polar surface area (TPSA) is 111 Å². The van der Waals surface area contributed by atoms with Crippen molar-refractivity contribution in [2.75, 3.05) is 4.72 Å². The summed E-state index contributed by atoms with van der Waals surface area (Å²) in [6.07, 6.45) is 8.37. The molecule has 0 saturated heterocycles. The van der Waals surface area contributed by atoms with Gasteiger partial charge in [0.25, 0.3) is 10.0 Å². The normalized spacial score (nSPS) is 10.9. The Balaban J connectivity index is 1.72. The van der Waals surface area contributed by atoms with Crippen LogP contribution in [-0.4, -0.2) is 33.3 Å². The molecule has 0 fully saturated rings. The fourth-order valence-electron chi connectivity index (χ4n) is 3.28. The van der Waals surface area contributed by atoms with Crippen molar-refractivity contribution in [2.24, 2.45) is 0 Å². The molecule has 8 nitrogen and oxygen atoms in total. The van der Waals surface area contributed by atoms with Crippen LogP contribution in [0.3, 0.4) is 0 Å². The summed E-state index contributed by atoms with van der Waals surface area (Å²) >= 11 is 0. The fraction of sp³-hybridized carbons (Fsp3) is 0.160. The summed E-state index contributed by atoms with van der Waals surface area (Å²) in [5, 5.41) is 0. The molecule has 34 heavy (non-hydrogen) atoms. The summed E-state index contributed by atoms with van der Waals surface area (Å²) in [6, 6.07) is 8.54. The maximum Gasteiger partial charge on any atom is 0.263 e. The number of aryl methyl sites for hydroxylation is 3. The number of rotatable bonds is 5. The van der Waals surface area contributed by atoms with Gasteiger partial charge in [-0.2, -0.15) is 0 Å². The predicted octanol–water partition coefficient (Wildman–Crippen LogP) is 3.71. The van der Waals surface area contributed by atoms with E-state index in [1.807, 2.05) is 26.0 Å². The Morgan fingerprint density at radius 1 is 0.971 bits per heavy atom. The van der Waals surface area contributed by atoms with Crippen LogP contribution in [0.2, 0.25) is 0 Å². The van der Waals surface area contributed by atoms with Gasteiger partial charge in [0, 0.05) is 41.6 Å². The number of nitrogens with zero attached hydrogens (tertiary/aromatic N) is 5. The zero-order chi connectivity index (χ0) is 24.1. The molecule has 0 aromatic carbocycles. The second-order valence-electron chi connectivity index (χ2n) is 7.48. The maximum absolute atomic E-state index is 12.7. The molecule has 9 heteroatoms. The van der Waals surface area contributed by atoms with E-state index in [-0.39, 0.29) is 4.90 Å². The number of pyridine rings is 3. The van der Waals surface area contributed by atoms with Crippen molar-refractivity contribution in [3.63, 3.8) is 0 Å². The van der Waals surface area contributed by atoms with E-state index in [2.05, 4.69) is 41.5 Å². The number of sulfonamides is 1. The Kier molecular flexibility index (Phi) is 6.61. The first-order valence-corrected chi connectivity index (χ1v) is 12.0. The van der Waals surface area contributed by atoms with Crippen molar-refractivity contribution in [1.82, 2.24) is 24.9 Å². The quantitative estimate of drug-likeness (QED) is 0.443. The third kappa shape index (κ3) is 5.08. The first-order valence-electron chi connectivity index (χ1n) is 10.6. The third-order valence-electron chi connectivity index (χ3n) is 5.04. The zero-order valence-electron chi connectivity index (χ0n) is 18.9. The van der Waals surface area contributed by atoms with Gasteiger partial charge in [0.1, 0.15) is 11.2 Å². The van der Waals surface area contributed by atoms with Crippen LogP contribution < -0.4 is 4.72 Å². The van der Waals surface area contributed by atoms with Gasteiger partial charge < -0.3 is 0 Å². The third-order valence-corrected chi connectivity index (χ3v) is 6.39. The highest BCUT2D eigenvalue weighted by molar-refractivity contribution is 7.92. The smallest absolute Gasteiger partial charge is 0.263 e. The second kappa shape index (κ2) is 9.77. The molecule has 0 amide bonds. The van der Waals surface area contributed by atoms with Crippen LogP contribution in [0, 0.1) is 25.7 Å². The molecule has 170 valence electrons. The molecule has 0 aliphatic rings. The number of anilines is 1. The van der Waals surface area contributed by atoms with Gasteiger partial charge in [0.2, 0.25) is 0 Å². The van der Waals surface area contributed by atoms with Crippen molar-refractivity contribution in [1.29, 1.82) is 0 Å². The van der Waals surface area contributed by atoms with Crippen LogP contribution >= 0.6 is 0 Å². The summed E-state index contributed by atoms with van der Waals surface area (Å²) in [4.78, 5) is 21.4. The Morgan fingerprint density at radius 2 is 1.82 bits per heavy atom. The van der Waals surface area contributed by atoms with Gasteiger partial charge in [0.15, 0.2) is 0 Å². The Labute approximate surface area is 198 Å². The lowest BCUT2D eigenvalue weighted by Gasteiger charge is -2.10. The number of hydrogen-bond acceptors (Lipinski definition) is 7. The average molecular weight is 471 g/mol. The van der Waals surface area contributed by atoms with Crippen LogP contribution in [0.15, 0.2) is 66.3 Å². The molecule has 4 aromatic heterocycles. The predicted molar refractivity (Wildman–Crippen MR) is 129 cm³/mol. The van der Waals surface area contributed by atoms with Crippen LogP contribution in [0.1, 0.15) is 35.1 Å². The van der Waals surface area contributed by atoms with E-state index in [4.69, 9.17) is 0 Å². The monoisotopic (exact) mass is 470 g/mol. The van der Waals surface area contributed by atoms with E-state index < -0.39 is 10.0 Å². The van der Waals surface area contributed by atoms with Crippen molar-refractivity contribution in [3.8, 4) is 23.1 Å². The minimum absolute atomic E-state index is 0.0668. The zero-order valence-corrected chi connectivity index (χ0v) is 19.8. The van der Waals surface area contributed by atoms with Crippen molar-refractivity contribution in [3.05, 3.63) is 89.7 Å². The van der Waals surface area contributed by atoms with Crippen molar-refractivity contribution < 1.29 is 8.42 Å². The molecule has 0 radical (unpaired) electrons. The van der Waals surface area contributed by atoms with Gasteiger partial charge in [-0.15, -0.1) is 0 Å². The molecule has 0 unspecified atom stereocenters. The summed E-state index contributed by atoms with van der Waals surface area (Å²) in [5.74, 6) is 6.28. The van der Waals surface area contributed by atoms with E-state index in [9.17, 15) is 8.42 Å². The molecule has 4 heterocycles. The highest BCUT2D eigenvalue weighted by atomic mass is 32.2. The van der Waals surface area contributed by atoms with Gasteiger partial charge in [-0.05, 0) is 50.6 Å². The molecule has 4 rings (SSSR count). The molecule has 0 atom stereocenters. The second-order valence-corrected chi connectivity index (χ2v) is 9.17. The summed E-state index contributed by atoms with van der Waals surface area (Å²) < 4.78 is 28.0. The lowest BCUT2D eigenvalue weighted by Crippen LogP contribution is -2.14. The van der Waals surface area contributed by atoms with E-state index in [1.165, 1.54) is 24.8 Å². The minimum atomic E-state index is -3.80. The SMILES string of the molecule is CCc1ncnc(-c2ccnc(C)c2)c1C#Cc1cnc(C)c(NS(=O)(=O)c2cccnc2)c1. The molecule has 0 saturated carbocycles. The molecule has 0 aliphatic carbocycles. The fourth-order valence-corrected chi connectivity index (χ4v) is 4.35. The Hall–Kier alpha value is -4.16. The van der Waals surface area contributed by atoms with E-state index in [1.54, 1.807) is 31.5 Å². The molecular formula is C25H22N6O2S. The largest absolute Gasteiger partial charge is 0.278 e. The Bertz CT molecular complexity index is 1510. The lowest BCUT2D eigenvalue weighted by molar-refractivity contribution is 0.600. The van der Waals surface area contributed by atoms with E-state index in [0.29, 0.717) is 28.9 Å². The van der Waals surface area contributed by atoms with Crippen LogP contribution in [0.4, 0.5) is 5.69 Å².